The Kier molecular flexibility index (Phi) is 7.20. The Morgan fingerprint density at radius 1 is 1.26 bits per heavy atom. The predicted octanol–water partition coefficient (Wildman–Crippen LogP) is 4.00. The number of nitrogens with zero attached hydrogens (tertiary/aromatic N) is 1. The van der Waals surface area contributed by atoms with Crippen molar-refractivity contribution in [2.75, 3.05) is 32.5 Å². The SMILES string of the molecule is CCCC(CS)(CCC)CN1CCCC(C)(OC)C1. The lowest BCUT2D eigenvalue weighted by Gasteiger charge is -2.44. The van der Waals surface area contributed by atoms with Crippen LogP contribution in [0.4, 0.5) is 0 Å². The molecule has 1 aliphatic rings. The first-order valence-corrected chi connectivity index (χ1v) is 8.55. The Labute approximate surface area is 125 Å². The Morgan fingerprint density at radius 3 is 2.37 bits per heavy atom. The molecular formula is C16H33NOS. The first kappa shape index (κ1) is 17.3. The van der Waals surface area contributed by atoms with Crippen molar-refractivity contribution in [1.29, 1.82) is 0 Å². The van der Waals surface area contributed by atoms with Crippen LogP contribution < -0.4 is 0 Å². The van der Waals surface area contributed by atoms with E-state index in [-0.39, 0.29) is 5.60 Å². The maximum absolute atomic E-state index is 5.72. The summed E-state index contributed by atoms with van der Waals surface area (Å²) >= 11 is 4.68. The van der Waals surface area contributed by atoms with E-state index >= 15 is 0 Å². The number of hydrogen-bond donors (Lipinski definition) is 1. The van der Waals surface area contributed by atoms with Crippen LogP contribution in [0.2, 0.25) is 0 Å². The van der Waals surface area contributed by atoms with E-state index in [2.05, 4.69) is 38.3 Å². The highest BCUT2D eigenvalue weighted by Crippen LogP contribution is 2.34. The fraction of sp³-hybridized carbons (Fsp3) is 1.00. The van der Waals surface area contributed by atoms with E-state index in [0.29, 0.717) is 5.41 Å². The van der Waals surface area contributed by atoms with E-state index in [0.717, 1.165) is 12.3 Å². The standard InChI is InChI=1S/C16H33NOS/c1-5-8-16(14-19,9-6-2)13-17-11-7-10-15(3,12-17)18-4/h19H,5-14H2,1-4H3. The number of thiol groups is 1. The zero-order chi connectivity index (χ0) is 14.4. The molecule has 1 aliphatic heterocycles. The van der Waals surface area contributed by atoms with Crippen molar-refractivity contribution in [2.45, 2.75) is 64.9 Å². The van der Waals surface area contributed by atoms with Crippen LogP contribution in [-0.4, -0.2) is 43.0 Å². The molecule has 0 aromatic heterocycles. The molecule has 1 heterocycles. The Morgan fingerprint density at radius 2 is 1.89 bits per heavy atom. The highest BCUT2D eigenvalue weighted by Gasteiger charge is 2.35. The quantitative estimate of drug-likeness (QED) is 0.677. The van der Waals surface area contributed by atoms with Crippen LogP contribution in [0.1, 0.15) is 59.3 Å². The molecule has 19 heavy (non-hydrogen) atoms. The minimum Gasteiger partial charge on any atom is -0.377 e. The summed E-state index contributed by atoms with van der Waals surface area (Å²) in [6.07, 6.45) is 7.56. The molecule has 0 radical (unpaired) electrons. The maximum atomic E-state index is 5.72. The van der Waals surface area contributed by atoms with Crippen LogP contribution in [0.5, 0.6) is 0 Å². The summed E-state index contributed by atoms with van der Waals surface area (Å²) in [6, 6.07) is 0. The van der Waals surface area contributed by atoms with Gasteiger partial charge in [0.2, 0.25) is 0 Å². The van der Waals surface area contributed by atoms with Gasteiger partial charge in [0.1, 0.15) is 0 Å². The predicted molar refractivity (Wildman–Crippen MR) is 87.2 cm³/mol. The monoisotopic (exact) mass is 287 g/mol. The molecule has 3 heteroatoms. The van der Waals surface area contributed by atoms with Crippen molar-refractivity contribution in [3.63, 3.8) is 0 Å². The summed E-state index contributed by atoms with van der Waals surface area (Å²) in [7, 11) is 1.85. The third-order valence-electron chi connectivity index (χ3n) is 4.69. The van der Waals surface area contributed by atoms with Crippen molar-refractivity contribution in [2.24, 2.45) is 5.41 Å². The van der Waals surface area contributed by atoms with E-state index in [1.165, 1.54) is 51.6 Å². The molecule has 0 spiro atoms. The summed E-state index contributed by atoms with van der Waals surface area (Å²) < 4.78 is 5.72. The lowest BCUT2D eigenvalue weighted by Crippen LogP contribution is -2.51. The van der Waals surface area contributed by atoms with Crippen LogP contribution in [0, 0.1) is 5.41 Å². The molecule has 1 unspecified atom stereocenters. The Hall–Kier alpha value is 0.270. The van der Waals surface area contributed by atoms with E-state index < -0.39 is 0 Å². The molecule has 0 aromatic rings. The molecule has 114 valence electrons. The van der Waals surface area contributed by atoms with Gasteiger partial charge in [0.25, 0.3) is 0 Å². The summed E-state index contributed by atoms with van der Waals surface area (Å²) in [5, 5.41) is 0. The third kappa shape index (κ3) is 4.95. The van der Waals surface area contributed by atoms with E-state index in [9.17, 15) is 0 Å². The van der Waals surface area contributed by atoms with Gasteiger partial charge in [-0.15, -0.1) is 0 Å². The van der Waals surface area contributed by atoms with Gasteiger partial charge >= 0.3 is 0 Å². The summed E-state index contributed by atoms with van der Waals surface area (Å²) in [4.78, 5) is 2.62. The lowest BCUT2D eigenvalue weighted by molar-refractivity contribution is -0.0591. The average Bonchev–Trinajstić information content (AvgIpc) is 2.39. The molecule has 0 aromatic carbocycles. The molecule has 2 nitrogen and oxygen atoms in total. The van der Waals surface area contributed by atoms with Crippen LogP contribution in [-0.2, 0) is 4.74 Å². The largest absolute Gasteiger partial charge is 0.377 e. The molecule has 0 saturated carbocycles. The van der Waals surface area contributed by atoms with Crippen LogP contribution in [0.25, 0.3) is 0 Å². The smallest absolute Gasteiger partial charge is 0.0777 e. The molecule has 0 N–H and O–H groups in total. The van der Waals surface area contributed by atoms with Crippen LogP contribution in [0.15, 0.2) is 0 Å². The average molecular weight is 288 g/mol. The molecular weight excluding hydrogens is 254 g/mol. The van der Waals surface area contributed by atoms with Crippen LogP contribution >= 0.6 is 12.6 Å². The zero-order valence-electron chi connectivity index (χ0n) is 13.4. The molecule has 0 amide bonds. The van der Waals surface area contributed by atoms with E-state index in [4.69, 9.17) is 4.74 Å². The highest BCUT2D eigenvalue weighted by molar-refractivity contribution is 7.80. The van der Waals surface area contributed by atoms with Crippen molar-refractivity contribution >= 4 is 12.6 Å². The highest BCUT2D eigenvalue weighted by atomic mass is 32.1. The molecule has 1 rings (SSSR count). The van der Waals surface area contributed by atoms with Crippen molar-refractivity contribution in [3.8, 4) is 0 Å². The van der Waals surface area contributed by atoms with Gasteiger partial charge in [0, 0.05) is 20.2 Å². The number of rotatable bonds is 8. The topological polar surface area (TPSA) is 12.5 Å². The fourth-order valence-corrected chi connectivity index (χ4v) is 4.05. The van der Waals surface area contributed by atoms with Crippen molar-refractivity contribution < 1.29 is 4.74 Å². The minimum absolute atomic E-state index is 0.0546. The second-order valence-electron chi connectivity index (χ2n) is 6.63. The molecule has 1 fully saturated rings. The molecule has 0 aliphatic carbocycles. The van der Waals surface area contributed by atoms with E-state index in [1.807, 2.05) is 7.11 Å². The fourth-order valence-electron chi connectivity index (χ4n) is 3.64. The Bertz CT molecular complexity index is 253. The van der Waals surface area contributed by atoms with Gasteiger partial charge in [-0.2, -0.15) is 12.6 Å². The van der Waals surface area contributed by atoms with Gasteiger partial charge in [0.05, 0.1) is 5.60 Å². The van der Waals surface area contributed by atoms with Gasteiger partial charge in [-0.25, -0.2) is 0 Å². The van der Waals surface area contributed by atoms with Crippen molar-refractivity contribution in [3.05, 3.63) is 0 Å². The minimum atomic E-state index is 0.0546. The second kappa shape index (κ2) is 7.90. The number of hydrogen-bond acceptors (Lipinski definition) is 3. The normalized spacial score (nSPS) is 25.7. The van der Waals surface area contributed by atoms with Gasteiger partial charge < -0.3 is 4.74 Å². The maximum Gasteiger partial charge on any atom is 0.0777 e. The van der Waals surface area contributed by atoms with Gasteiger partial charge in [-0.3, -0.25) is 4.90 Å². The Balaban J connectivity index is 2.67. The second-order valence-corrected chi connectivity index (χ2v) is 6.94. The molecule has 1 atom stereocenters. The number of methoxy groups -OCH3 is 1. The first-order chi connectivity index (χ1) is 9.03. The number of likely N-dealkylation sites (tertiary alicyclic amines) is 1. The first-order valence-electron chi connectivity index (χ1n) is 7.91. The summed E-state index contributed by atoms with van der Waals surface area (Å²) in [5.41, 5.74) is 0.456. The van der Waals surface area contributed by atoms with Gasteiger partial charge in [0.15, 0.2) is 0 Å². The summed E-state index contributed by atoms with van der Waals surface area (Å²) in [6.45, 7) is 10.3. The molecule has 1 saturated heterocycles. The van der Waals surface area contributed by atoms with E-state index in [1.54, 1.807) is 0 Å². The third-order valence-corrected chi connectivity index (χ3v) is 5.36. The van der Waals surface area contributed by atoms with Gasteiger partial charge in [-0.05, 0) is 50.3 Å². The lowest BCUT2D eigenvalue weighted by atomic mass is 9.79. The van der Waals surface area contributed by atoms with Gasteiger partial charge in [-0.1, -0.05) is 26.7 Å². The zero-order valence-corrected chi connectivity index (χ0v) is 14.3. The summed E-state index contributed by atoms with van der Waals surface area (Å²) in [5.74, 6) is 1.01. The number of piperidine rings is 1. The molecule has 0 bridgehead atoms. The number of ether oxygens (including phenoxy) is 1. The van der Waals surface area contributed by atoms with Crippen molar-refractivity contribution in [1.82, 2.24) is 4.90 Å². The van der Waals surface area contributed by atoms with Crippen LogP contribution in [0.3, 0.4) is 0 Å².